The minimum absolute atomic E-state index is 0.0562. The van der Waals surface area contributed by atoms with Gasteiger partial charge in [-0.25, -0.2) is 9.97 Å². The number of benzene rings is 7. The maximum absolute atomic E-state index is 6.79. The highest BCUT2D eigenvalue weighted by Gasteiger charge is 2.49. The van der Waals surface area contributed by atoms with Crippen LogP contribution in [0.3, 0.4) is 0 Å². The maximum Gasteiger partial charge on any atom is 0.165 e. The van der Waals surface area contributed by atoms with E-state index < -0.39 is 0 Å². The molecule has 4 aliphatic rings. The summed E-state index contributed by atoms with van der Waals surface area (Å²) in [5, 5.41) is 4.51. The molecule has 14 rings (SSSR count). The van der Waals surface area contributed by atoms with Crippen molar-refractivity contribution in [1.29, 1.82) is 0 Å². The third kappa shape index (κ3) is 4.82. The van der Waals surface area contributed by atoms with Gasteiger partial charge in [0.25, 0.3) is 0 Å². The van der Waals surface area contributed by atoms with Crippen LogP contribution < -0.4 is 0 Å². The Morgan fingerprint density at radius 3 is 1.87 bits per heavy atom. The van der Waals surface area contributed by atoms with Crippen molar-refractivity contribution < 1.29 is 4.42 Å². The topological polar surface area (TPSA) is 38.9 Å². The summed E-state index contributed by atoms with van der Waals surface area (Å²) in [6.07, 6.45) is 12.8. The lowest BCUT2D eigenvalue weighted by atomic mass is 9.66. The average Bonchev–Trinajstić information content (AvgIpc) is 4.05. The molecule has 4 heteroatoms. The molecule has 0 unspecified atom stereocenters. The van der Waals surface area contributed by atoms with Crippen LogP contribution in [0.2, 0.25) is 0 Å². The number of thiophene rings is 1. The number of nitrogens with zero attached hydrogens (tertiary/aromatic N) is 2. The smallest absolute Gasteiger partial charge is 0.165 e. The van der Waals surface area contributed by atoms with Crippen LogP contribution in [0, 0.1) is 0 Å². The first-order valence-electron chi connectivity index (χ1n) is 22.8. The fourth-order valence-corrected chi connectivity index (χ4v) is 13.8. The molecular weight excluding hydrogens is 773 g/mol. The van der Waals surface area contributed by atoms with Crippen LogP contribution in [0.15, 0.2) is 150 Å². The van der Waals surface area contributed by atoms with Gasteiger partial charge in [-0.15, -0.1) is 11.3 Å². The number of para-hydroxylation sites is 1. The first kappa shape index (κ1) is 35.3. The number of fused-ring (bicyclic) bond motifs is 16. The van der Waals surface area contributed by atoms with Crippen molar-refractivity contribution in [2.24, 2.45) is 0 Å². The summed E-state index contributed by atoms with van der Waals surface area (Å²) in [6.45, 7) is 0. The van der Waals surface area contributed by atoms with E-state index in [1.165, 1.54) is 108 Å². The van der Waals surface area contributed by atoms with Crippen molar-refractivity contribution in [2.45, 2.75) is 75.0 Å². The van der Waals surface area contributed by atoms with Crippen LogP contribution >= 0.6 is 11.3 Å². The summed E-state index contributed by atoms with van der Waals surface area (Å²) in [6, 6.07) is 54.5. The van der Waals surface area contributed by atoms with Crippen LogP contribution in [-0.2, 0) is 10.8 Å². The van der Waals surface area contributed by atoms with Crippen molar-refractivity contribution in [3.63, 3.8) is 0 Å². The van der Waals surface area contributed by atoms with E-state index in [0.717, 1.165) is 49.0 Å². The summed E-state index contributed by atoms with van der Waals surface area (Å²) in [4.78, 5) is 11.6. The quantitative estimate of drug-likeness (QED) is 0.178. The molecule has 0 bridgehead atoms. The highest BCUT2D eigenvalue weighted by atomic mass is 32.1. The van der Waals surface area contributed by atoms with E-state index in [1.807, 2.05) is 0 Å². The molecular formula is C58H44N2OS. The van der Waals surface area contributed by atoms with Crippen molar-refractivity contribution in [2.75, 3.05) is 0 Å². The SMILES string of the molecule is c1ccc(-c2nc(-c3cccc4c3oc3ccc(-c5ccc6c(c5)C5(CCCCC5)c5cc7c(cc5-6)C5(CCCCC5)c5ccccc5-7)cc34)nc3sc4ccccc4c23)cc1. The monoisotopic (exact) mass is 816 g/mol. The molecule has 3 nitrogen and oxygen atoms in total. The fourth-order valence-electron chi connectivity index (χ4n) is 12.7. The van der Waals surface area contributed by atoms with Gasteiger partial charge in [-0.05, 0) is 124 Å². The Morgan fingerprint density at radius 1 is 0.435 bits per heavy atom. The highest BCUT2D eigenvalue weighted by Crippen LogP contribution is 2.62. The third-order valence-corrected chi connectivity index (χ3v) is 16.6. The number of furan rings is 1. The van der Waals surface area contributed by atoms with Gasteiger partial charge in [0.2, 0.25) is 0 Å². The Balaban J connectivity index is 0.903. The van der Waals surface area contributed by atoms with Gasteiger partial charge in [0, 0.05) is 42.6 Å². The van der Waals surface area contributed by atoms with Crippen molar-refractivity contribution in [3.8, 4) is 56.0 Å². The van der Waals surface area contributed by atoms with Gasteiger partial charge in [-0.1, -0.05) is 142 Å². The zero-order valence-electron chi connectivity index (χ0n) is 34.6. The second-order valence-electron chi connectivity index (χ2n) is 18.6. The molecule has 2 fully saturated rings. The predicted octanol–water partition coefficient (Wildman–Crippen LogP) is 16.2. The molecule has 0 saturated heterocycles. The van der Waals surface area contributed by atoms with Crippen LogP contribution in [0.5, 0.6) is 0 Å². The van der Waals surface area contributed by atoms with Gasteiger partial charge in [0.1, 0.15) is 16.0 Å². The Morgan fingerprint density at radius 2 is 1.06 bits per heavy atom. The molecule has 0 radical (unpaired) electrons. The standard InChI is InChI=1S/C58H44N2OS/c1-4-15-35(16-5-1)53-52-41-18-7-9-22-51(41)62-56(52)60-55(59-53)42-20-14-19-40-45-31-36(24-26-50(45)61-54(40)42)37-23-25-39-44-34-48-43(33-49(44)58(47(39)32-37)29-12-3-13-30-58)38-17-6-8-21-46(38)57(48)27-10-2-11-28-57/h1,4-9,14-26,31-34H,2-3,10-13,27-30H2. The van der Waals surface area contributed by atoms with E-state index in [9.17, 15) is 0 Å². The summed E-state index contributed by atoms with van der Waals surface area (Å²) < 4.78 is 8.00. The van der Waals surface area contributed by atoms with Gasteiger partial charge in [-0.3, -0.25) is 0 Å². The normalized spacial score (nSPS) is 17.0. The second-order valence-corrected chi connectivity index (χ2v) is 19.6. The van der Waals surface area contributed by atoms with Crippen LogP contribution in [0.4, 0.5) is 0 Å². The lowest BCUT2D eigenvalue weighted by molar-refractivity contribution is 0.350. The van der Waals surface area contributed by atoms with E-state index in [2.05, 4.69) is 146 Å². The molecule has 0 atom stereocenters. The minimum atomic E-state index is 0.0562. The van der Waals surface area contributed by atoms with Crippen molar-refractivity contribution in [1.82, 2.24) is 9.97 Å². The number of rotatable bonds is 3. The third-order valence-electron chi connectivity index (χ3n) is 15.5. The first-order valence-corrected chi connectivity index (χ1v) is 23.6. The van der Waals surface area contributed by atoms with Crippen molar-refractivity contribution in [3.05, 3.63) is 168 Å². The van der Waals surface area contributed by atoms with Crippen LogP contribution in [-0.4, -0.2) is 9.97 Å². The van der Waals surface area contributed by atoms with Gasteiger partial charge in [-0.2, -0.15) is 0 Å². The van der Waals surface area contributed by atoms with E-state index >= 15 is 0 Å². The predicted molar refractivity (Wildman–Crippen MR) is 257 cm³/mol. The van der Waals surface area contributed by atoms with Gasteiger partial charge in [0.05, 0.1) is 11.3 Å². The molecule has 10 aromatic rings. The summed E-state index contributed by atoms with van der Waals surface area (Å²) in [5.74, 6) is 0.688. The van der Waals surface area contributed by atoms with Crippen molar-refractivity contribution >= 4 is 53.6 Å². The van der Waals surface area contributed by atoms with E-state index in [-0.39, 0.29) is 10.8 Å². The molecule has 0 aliphatic heterocycles. The molecule has 298 valence electrons. The number of hydrogen-bond acceptors (Lipinski definition) is 4. The molecule has 0 amide bonds. The zero-order chi connectivity index (χ0) is 40.6. The highest BCUT2D eigenvalue weighted by molar-refractivity contribution is 7.25. The van der Waals surface area contributed by atoms with Gasteiger partial charge in [0.15, 0.2) is 5.82 Å². The Kier molecular flexibility index (Phi) is 7.44. The fraction of sp³-hybridized carbons (Fsp3) is 0.207. The molecule has 62 heavy (non-hydrogen) atoms. The molecule has 3 heterocycles. The summed E-state index contributed by atoms with van der Waals surface area (Å²) >= 11 is 1.73. The molecule has 2 spiro atoms. The molecule has 3 aromatic heterocycles. The maximum atomic E-state index is 6.79. The van der Waals surface area contributed by atoms with Gasteiger partial charge < -0.3 is 4.42 Å². The molecule has 2 saturated carbocycles. The average molecular weight is 817 g/mol. The van der Waals surface area contributed by atoms with Gasteiger partial charge >= 0.3 is 0 Å². The Labute approximate surface area is 365 Å². The minimum Gasteiger partial charge on any atom is -0.455 e. The second kappa shape index (κ2) is 13.1. The lowest BCUT2D eigenvalue weighted by Gasteiger charge is -2.37. The summed E-state index contributed by atoms with van der Waals surface area (Å²) in [5.41, 5.74) is 19.7. The van der Waals surface area contributed by atoms with Crippen LogP contribution in [0.1, 0.15) is 86.5 Å². The first-order chi connectivity index (χ1) is 30.7. The summed E-state index contributed by atoms with van der Waals surface area (Å²) in [7, 11) is 0. The van der Waals surface area contributed by atoms with E-state index in [0.29, 0.717) is 5.82 Å². The number of aromatic nitrogens is 2. The largest absolute Gasteiger partial charge is 0.455 e. The Bertz CT molecular complexity index is 3490. The Hall–Kier alpha value is -6.36. The zero-order valence-corrected chi connectivity index (χ0v) is 35.5. The van der Waals surface area contributed by atoms with E-state index in [4.69, 9.17) is 14.4 Å². The number of hydrogen-bond donors (Lipinski definition) is 0. The molecule has 7 aromatic carbocycles. The van der Waals surface area contributed by atoms with E-state index in [1.54, 1.807) is 33.6 Å². The molecule has 0 N–H and O–H groups in total. The molecule has 4 aliphatic carbocycles. The van der Waals surface area contributed by atoms with Crippen LogP contribution in [0.25, 0.3) is 98.3 Å². The lowest BCUT2D eigenvalue weighted by Crippen LogP contribution is -2.29.